The Balaban J connectivity index is 2.47. The summed E-state index contributed by atoms with van der Waals surface area (Å²) in [7, 11) is 1.73. The molecule has 0 aliphatic carbocycles. The molecule has 5 nitrogen and oxygen atoms in total. The maximum atomic E-state index is 11.8. The lowest BCUT2D eigenvalue weighted by Crippen LogP contribution is -2.29. The van der Waals surface area contributed by atoms with Crippen molar-refractivity contribution in [2.75, 3.05) is 20.3 Å². The van der Waals surface area contributed by atoms with Gasteiger partial charge in [-0.25, -0.2) is 4.79 Å². The van der Waals surface area contributed by atoms with E-state index in [4.69, 9.17) is 9.84 Å². The molecule has 0 saturated heterocycles. The minimum Gasteiger partial charge on any atom is -0.478 e. The maximum Gasteiger partial charge on any atom is 0.328 e. The highest BCUT2D eigenvalue weighted by Gasteiger charge is 2.10. The van der Waals surface area contributed by atoms with E-state index in [-0.39, 0.29) is 12.5 Å². The van der Waals surface area contributed by atoms with Crippen LogP contribution in [0.15, 0.2) is 17.5 Å². The third kappa shape index (κ3) is 5.99. The second kappa shape index (κ2) is 8.50. The molecular weight excluding hydrogens is 278 g/mol. The van der Waals surface area contributed by atoms with Crippen molar-refractivity contribution >= 4 is 29.3 Å². The van der Waals surface area contributed by atoms with Gasteiger partial charge in [-0.2, -0.15) is 0 Å². The Morgan fingerprint density at radius 3 is 2.90 bits per heavy atom. The van der Waals surface area contributed by atoms with E-state index in [0.29, 0.717) is 13.2 Å². The largest absolute Gasteiger partial charge is 0.478 e. The fourth-order valence-corrected chi connectivity index (χ4v) is 2.38. The van der Waals surface area contributed by atoms with Gasteiger partial charge in [-0.1, -0.05) is 6.92 Å². The van der Waals surface area contributed by atoms with Gasteiger partial charge in [0.1, 0.15) is 6.61 Å². The van der Waals surface area contributed by atoms with Crippen molar-refractivity contribution in [2.24, 2.45) is 0 Å². The van der Waals surface area contributed by atoms with E-state index < -0.39 is 5.97 Å². The molecule has 0 unspecified atom stereocenters. The minimum absolute atomic E-state index is 0.0607. The first-order valence-electron chi connectivity index (χ1n) is 6.33. The smallest absolute Gasteiger partial charge is 0.328 e. The summed E-state index contributed by atoms with van der Waals surface area (Å²) in [5.74, 6) is -1.03. The number of carbonyl (C=O) groups excluding carboxylic acids is 1. The van der Waals surface area contributed by atoms with Crippen molar-refractivity contribution in [3.05, 3.63) is 28.0 Å². The monoisotopic (exact) mass is 297 g/mol. The van der Waals surface area contributed by atoms with Gasteiger partial charge >= 0.3 is 5.97 Å². The molecule has 1 N–H and O–H groups in total. The minimum atomic E-state index is -0.974. The second-order valence-electron chi connectivity index (χ2n) is 4.32. The van der Waals surface area contributed by atoms with Crippen molar-refractivity contribution in [1.82, 2.24) is 4.90 Å². The normalized spacial score (nSPS) is 10.9. The number of thiophene rings is 1. The highest BCUT2D eigenvalue weighted by Crippen LogP contribution is 2.17. The highest BCUT2D eigenvalue weighted by molar-refractivity contribution is 7.10. The van der Waals surface area contributed by atoms with Crippen molar-refractivity contribution in [3.63, 3.8) is 0 Å². The lowest BCUT2D eigenvalue weighted by Gasteiger charge is -2.16. The molecule has 1 heterocycles. The van der Waals surface area contributed by atoms with E-state index >= 15 is 0 Å². The molecule has 1 aromatic rings. The zero-order valence-electron chi connectivity index (χ0n) is 11.7. The van der Waals surface area contributed by atoms with Gasteiger partial charge in [0.25, 0.3) is 0 Å². The molecule has 0 spiro atoms. The van der Waals surface area contributed by atoms with Gasteiger partial charge in [-0.05, 0) is 29.5 Å². The van der Waals surface area contributed by atoms with E-state index in [0.717, 1.165) is 22.9 Å². The number of ether oxygens (including phenoxy) is 1. The molecule has 0 aromatic carbocycles. The third-order valence-electron chi connectivity index (χ3n) is 2.49. The van der Waals surface area contributed by atoms with Crippen LogP contribution in [0.5, 0.6) is 0 Å². The Labute approximate surface area is 122 Å². The molecule has 0 radical (unpaired) electrons. The van der Waals surface area contributed by atoms with Crippen LogP contribution in [-0.2, 0) is 20.9 Å². The number of carboxylic acids is 1. The summed E-state index contributed by atoms with van der Waals surface area (Å²) in [6.07, 6.45) is 3.52. The summed E-state index contributed by atoms with van der Waals surface area (Å²) in [5, 5.41) is 10.4. The van der Waals surface area contributed by atoms with E-state index in [1.54, 1.807) is 11.9 Å². The molecular formula is C14H19NO4S. The third-order valence-corrected chi connectivity index (χ3v) is 3.42. The summed E-state index contributed by atoms with van der Waals surface area (Å²) >= 11 is 1.50. The van der Waals surface area contributed by atoms with E-state index in [9.17, 15) is 9.59 Å². The molecule has 0 aliphatic rings. The van der Waals surface area contributed by atoms with Gasteiger partial charge in [0.05, 0.1) is 6.54 Å². The number of hydrogen-bond acceptors (Lipinski definition) is 4. The molecule has 110 valence electrons. The lowest BCUT2D eigenvalue weighted by molar-refractivity contribution is -0.135. The summed E-state index contributed by atoms with van der Waals surface area (Å²) in [4.78, 5) is 24.8. The predicted octanol–water partition coefficient (Wildman–Crippen LogP) is 2.23. The van der Waals surface area contributed by atoms with Gasteiger partial charge in [-0.15, -0.1) is 11.3 Å². The van der Waals surface area contributed by atoms with Gasteiger partial charge in [0.15, 0.2) is 0 Å². The highest BCUT2D eigenvalue weighted by atomic mass is 32.1. The van der Waals surface area contributed by atoms with E-state index in [1.165, 1.54) is 17.4 Å². The Bertz CT molecular complexity index is 481. The summed E-state index contributed by atoms with van der Waals surface area (Å²) in [6, 6.07) is 1.88. The first kappa shape index (κ1) is 16.4. The Kier molecular flexibility index (Phi) is 6.97. The first-order valence-corrected chi connectivity index (χ1v) is 7.21. The average Bonchev–Trinajstić information content (AvgIpc) is 2.84. The zero-order chi connectivity index (χ0) is 15.0. The van der Waals surface area contributed by atoms with Crippen molar-refractivity contribution in [2.45, 2.75) is 19.9 Å². The molecule has 0 saturated carbocycles. The van der Waals surface area contributed by atoms with Crippen LogP contribution < -0.4 is 0 Å². The molecule has 0 atom stereocenters. The SMILES string of the molecule is CCCOCC(=O)N(C)Cc1cc(/C=C/C(=O)O)cs1. The fourth-order valence-electron chi connectivity index (χ4n) is 1.47. The molecule has 1 rings (SSSR count). The number of amides is 1. The van der Waals surface area contributed by atoms with Crippen LogP contribution in [0.25, 0.3) is 6.08 Å². The zero-order valence-corrected chi connectivity index (χ0v) is 12.5. The number of rotatable bonds is 8. The quantitative estimate of drug-likeness (QED) is 0.590. The molecule has 6 heteroatoms. The molecule has 0 bridgehead atoms. The number of likely N-dealkylation sites (N-methyl/N-ethyl adjacent to an activating group) is 1. The average molecular weight is 297 g/mol. The van der Waals surface area contributed by atoms with Crippen molar-refractivity contribution < 1.29 is 19.4 Å². The van der Waals surface area contributed by atoms with Crippen molar-refractivity contribution in [3.8, 4) is 0 Å². The van der Waals surface area contributed by atoms with Crippen molar-refractivity contribution in [1.29, 1.82) is 0 Å². The summed E-state index contributed by atoms with van der Waals surface area (Å²) in [5.41, 5.74) is 0.829. The fraction of sp³-hybridized carbons (Fsp3) is 0.429. The van der Waals surface area contributed by atoms with Crippen LogP contribution in [0, 0.1) is 0 Å². The molecule has 0 fully saturated rings. The lowest BCUT2D eigenvalue weighted by atomic mass is 10.3. The van der Waals surface area contributed by atoms with Crippen LogP contribution in [0.1, 0.15) is 23.8 Å². The van der Waals surface area contributed by atoms with Crippen LogP contribution in [0.4, 0.5) is 0 Å². The standard InChI is InChI=1S/C14H19NO4S/c1-3-6-19-9-13(16)15(2)8-12-7-11(10-20-12)4-5-14(17)18/h4-5,7,10H,3,6,8-9H2,1-2H3,(H,17,18)/b5-4+. The van der Waals surface area contributed by atoms with Crippen LogP contribution >= 0.6 is 11.3 Å². The van der Waals surface area contributed by atoms with Gasteiger partial charge in [0, 0.05) is 24.6 Å². The molecule has 0 aliphatic heterocycles. The van der Waals surface area contributed by atoms with Gasteiger partial charge in [-0.3, -0.25) is 4.79 Å². The molecule has 20 heavy (non-hydrogen) atoms. The second-order valence-corrected chi connectivity index (χ2v) is 5.32. The topological polar surface area (TPSA) is 66.8 Å². The maximum absolute atomic E-state index is 11.8. The van der Waals surface area contributed by atoms with Crippen LogP contribution in [0.3, 0.4) is 0 Å². The summed E-state index contributed by atoms with van der Waals surface area (Å²) in [6.45, 7) is 3.18. The number of carbonyl (C=O) groups is 2. The van der Waals surface area contributed by atoms with Gasteiger partial charge in [0.2, 0.25) is 5.91 Å². The summed E-state index contributed by atoms with van der Waals surface area (Å²) < 4.78 is 5.21. The Morgan fingerprint density at radius 1 is 1.50 bits per heavy atom. The number of hydrogen-bond donors (Lipinski definition) is 1. The molecule has 1 aromatic heterocycles. The van der Waals surface area contributed by atoms with Gasteiger partial charge < -0.3 is 14.7 Å². The number of nitrogens with zero attached hydrogens (tertiary/aromatic N) is 1. The number of carboxylic acid groups (broad SMARTS) is 1. The van der Waals surface area contributed by atoms with Crippen LogP contribution in [0.2, 0.25) is 0 Å². The Morgan fingerprint density at radius 2 is 2.25 bits per heavy atom. The van der Waals surface area contributed by atoms with Crippen LogP contribution in [-0.4, -0.2) is 42.1 Å². The van der Waals surface area contributed by atoms with E-state index in [1.807, 2.05) is 18.4 Å². The Hall–Kier alpha value is -1.66. The molecule has 1 amide bonds. The number of aliphatic carboxylic acids is 1. The first-order chi connectivity index (χ1) is 9.52. The predicted molar refractivity (Wildman–Crippen MR) is 78.6 cm³/mol. The van der Waals surface area contributed by atoms with E-state index in [2.05, 4.69) is 0 Å².